The van der Waals surface area contributed by atoms with E-state index in [9.17, 15) is 4.79 Å². The summed E-state index contributed by atoms with van der Waals surface area (Å²) in [7, 11) is 0. The second-order valence-corrected chi connectivity index (χ2v) is 6.35. The van der Waals surface area contributed by atoms with Crippen molar-refractivity contribution < 1.29 is 14.3 Å². The molecule has 1 aromatic heterocycles. The Morgan fingerprint density at radius 1 is 1.12 bits per heavy atom. The number of piperazine rings is 1. The molecule has 7 nitrogen and oxygen atoms in total. The van der Waals surface area contributed by atoms with Crippen LogP contribution in [0.15, 0.2) is 36.5 Å². The van der Waals surface area contributed by atoms with E-state index in [0.717, 1.165) is 38.4 Å². The van der Waals surface area contributed by atoms with Crippen LogP contribution in [0.5, 0.6) is 11.5 Å². The van der Waals surface area contributed by atoms with Gasteiger partial charge in [0.05, 0.1) is 11.9 Å². The van der Waals surface area contributed by atoms with Crippen molar-refractivity contribution in [2.45, 2.75) is 6.92 Å². The third-order valence-electron chi connectivity index (χ3n) is 4.80. The summed E-state index contributed by atoms with van der Waals surface area (Å²) in [4.78, 5) is 21.5. The van der Waals surface area contributed by atoms with Gasteiger partial charge in [0.25, 0.3) is 5.91 Å². The minimum Gasteiger partial charge on any atom is -0.454 e. The standard InChI is InChI=1S/C19H22N4O3/c1-2-22-7-9-23(10-8-22)15-4-5-16(20-12-15)19(24)21-14-3-6-17-18(11-14)26-13-25-17/h3-6,11-12H,2,7-10,13H2,1H3,(H,21,24). The van der Waals surface area contributed by atoms with Gasteiger partial charge in [0.2, 0.25) is 6.79 Å². The van der Waals surface area contributed by atoms with E-state index >= 15 is 0 Å². The summed E-state index contributed by atoms with van der Waals surface area (Å²) in [5.41, 5.74) is 2.10. The highest BCUT2D eigenvalue weighted by molar-refractivity contribution is 6.03. The van der Waals surface area contributed by atoms with Crippen LogP contribution >= 0.6 is 0 Å². The van der Waals surface area contributed by atoms with E-state index in [0.29, 0.717) is 22.9 Å². The van der Waals surface area contributed by atoms with Crippen LogP contribution in [0.1, 0.15) is 17.4 Å². The number of anilines is 2. The van der Waals surface area contributed by atoms with Crippen molar-refractivity contribution in [3.8, 4) is 11.5 Å². The molecule has 1 saturated heterocycles. The number of rotatable bonds is 4. The smallest absolute Gasteiger partial charge is 0.274 e. The summed E-state index contributed by atoms with van der Waals surface area (Å²) < 4.78 is 10.6. The molecule has 2 aromatic rings. The monoisotopic (exact) mass is 354 g/mol. The number of ether oxygens (including phenoxy) is 2. The molecule has 7 heteroatoms. The Labute approximate surface area is 152 Å². The number of carbonyl (C=O) groups excluding carboxylic acids is 1. The molecule has 26 heavy (non-hydrogen) atoms. The van der Waals surface area contributed by atoms with Gasteiger partial charge in [-0.3, -0.25) is 4.79 Å². The highest BCUT2D eigenvalue weighted by atomic mass is 16.7. The maximum atomic E-state index is 12.4. The predicted molar refractivity (Wildman–Crippen MR) is 99.1 cm³/mol. The molecule has 2 aliphatic rings. The quantitative estimate of drug-likeness (QED) is 0.908. The summed E-state index contributed by atoms with van der Waals surface area (Å²) in [6, 6.07) is 9.05. The van der Waals surface area contributed by atoms with Gasteiger partial charge in [-0.2, -0.15) is 0 Å². The van der Waals surface area contributed by atoms with Crippen molar-refractivity contribution in [2.24, 2.45) is 0 Å². The number of hydrogen-bond donors (Lipinski definition) is 1. The predicted octanol–water partition coefficient (Wildman–Crippen LogP) is 2.20. The first kappa shape index (κ1) is 16.7. The van der Waals surface area contributed by atoms with Gasteiger partial charge in [-0.25, -0.2) is 4.98 Å². The Balaban J connectivity index is 1.39. The van der Waals surface area contributed by atoms with Gasteiger partial charge in [-0.1, -0.05) is 6.92 Å². The minimum atomic E-state index is -0.244. The lowest BCUT2D eigenvalue weighted by atomic mass is 10.2. The average molecular weight is 354 g/mol. The molecule has 3 heterocycles. The van der Waals surface area contributed by atoms with Crippen molar-refractivity contribution in [1.29, 1.82) is 0 Å². The lowest BCUT2D eigenvalue weighted by molar-refractivity contribution is 0.102. The van der Waals surface area contributed by atoms with Crippen molar-refractivity contribution in [2.75, 3.05) is 49.7 Å². The van der Waals surface area contributed by atoms with E-state index in [2.05, 4.69) is 27.0 Å². The van der Waals surface area contributed by atoms with Crippen molar-refractivity contribution >= 4 is 17.3 Å². The van der Waals surface area contributed by atoms with Crippen LogP contribution in [0.4, 0.5) is 11.4 Å². The summed E-state index contributed by atoms with van der Waals surface area (Å²) in [5.74, 6) is 1.08. The van der Waals surface area contributed by atoms with Crippen LogP contribution < -0.4 is 19.7 Å². The van der Waals surface area contributed by atoms with Crippen molar-refractivity contribution in [1.82, 2.24) is 9.88 Å². The van der Waals surface area contributed by atoms with Crippen LogP contribution in [-0.4, -0.2) is 55.3 Å². The second-order valence-electron chi connectivity index (χ2n) is 6.35. The molecule has 1 fully saturated rings. The third-order valence-corrected chi connectivity index (χ3v) is 4.80. The highest BCUT2D eigenvalue weighted by Gasteiger charge is 2.18. The Hall–Kier alpha value is -2.80. The second kappa shape index (κ2) is 7.21. The summed E-state index contributed by atoms with van der Waals surface area (Å²) in [6.45, 7) is 7.57. The Kier molecular flexibility index (Phi) is 4.62. The molecule has 0 spiro atoms. The molecule has 0 bridgehead atoms. The molecule has 136 valence electrons. The number of carbonyl (C=O) groups is 1. The number of fused-ring (bicyclic) bond motifs is 1. The van der Waals surface area contributed by atoms with Gasteiger partial charge in [0, 0.05) is 37.9 Å². The highest BCUT2D eigenvalue weighted by Crippen LogP contribution is 2.34. The van der Waals surface area contributed by atoms with Crippen LogP contribution in [0.3, 0.4) is 0 Å². The van der Waals surface area contributed by atoms with E-state index < -0.39 is 0 Å². The number of amides is 1. The molecule has 4 rings (SSSR count). The lowest BCUT2D eigenvalue weighted by Gasteiger charge is -2.35. The van der Waals surface area contributed by atoms with Gasteiger partial charge >= 0.3 is 0 Å². The van der Waals surface area contributed by atoms with E-state index in [-0.39, 0.29) is 12.7 Å². The molecule has 0 aliphatic carbocycles. The lowest BCUT2D eigenvalue weighted by Crippen LogP contribution is -2.46. The first-order chi connectivity index (χ1) is 12.7. The number of nitrogens with one attached hydrogen (secondary N) is 1. The molecule has 1 aromatic carbocycles. The topological polar surface area (TPSA) is 66.9 Å². The first-order valence-corrected chi connectivity index (χ1v) is 8.87. The van der Waals surface area contributed by atoms with Gasteiger partial charge < -0.3 is 24.6 Å². The number of benzene rings is 1. The molecular weight excluding hydrogens is 332 g/mol. The van der Waals surface area contributed by atoms with Gasteiger partial charge in [-0.05, 0) is 30.8 Å². The van der Waals surface area contributed by atoms with Crippen LogP contribution in [-0.2, 0) is 0 Å². The first-order valence-electron chi connectivity index (χ1n) is 8.87. The SMILES string of the molecule is CCN1CCN(c2ccc(C(=O)Nc3ccc4c(c3)OCO4)nc2)CC1. The third kappa shape index (κ3) is 3.43. The zero-order valence-corrected chi connectivity index (χ0v) is 14.8. The normalized spacial score (nSPS) is 16.6. The molecule has 1 N–H and O–H groups in total. The fraction of sp³-hybridized carbons (Fsp3) is 0.368. The number of aromatic nitrogens is 1. The number of pyridine rings is 1. The zero-order valence-electron chi connectivity index (χ0n) is 14.8. The Bertz CT molecular complexity index is 786. The minimum absolute atomic E-state index is 0.211. The molecule has 0 radical (unpaired) electrons. The fourth-order valence-electron chi connectivity index (χ4n) is 3.20. The fourth-order valence-corrected chi connectivity index (χ4v) is 3.20. The molecular formula is C19H22N4O3. The Morgan fingerprint density at radius 2 is 1.92 bits per heavy atom. The zero-order chi connectivity index (χ0) is 17.9. The number of hydrogen-bond acceptors (Lipinski definition) is 6. The van der Waals surface area contributed by atoms with Gasteiger partial charge in [-0.15, -0.1) is 0 Å². The Morgan fingerprint density at radius 3 is 2.65 bits per heavy atom. The number of likely N-dealkylation sites (N-methyl/N-ethyl adjacent to an activating group) is 1. The van der Waals surface area contributed by atoms with E-state index in [1.165, 1.54) is 0 Å². The molecule has 0 atom stereocenters. The molecule has 2 aliphatic heterocycles. The summed E-state index contributed by atoms with van der Waals surface area (Å²) in [6.07, 6.45) is 1.77. The van der Waals surface area contributed by atoms with Crippen LogP contribution in [0.2, 0.25) is 0 Å². The maximum Gasteiger partial charge on any atom is 0.274 e. The number of nitrogens with zero attached hydrogens (tertiary/aromatic N) is 3. The van der Waals surface area contributed by atoms with Crippen LogP contribution in [0, 0.1) is 0 Å². The maximum absolute atomic E-state index is 12.4. The van der Waals surface area contributed by atoms with E-state index in [4.69, 9.17) is 9.47 Å². The molecule has 1 amide bonds. The van der Waals surface area contributed by atoms with Crippen molar-refractivity contribution in [3.05, 3.63) is 42.2 Å². The average Bonchev–Trinajstić information content (AvgIpc) is 3.16. The van der Waals surface area contributed by atoms with E-state index in [1.54, 1.807) is 30.5 Å². The van der Waals surface area contributed by atoms with Crippen LogP contribution in [0.25, 0.3) is 0 Å². The molecule has 0 saturated carbocycles. The summed E-state index contributed by atoms with van der Waals surface area (Å²) in [5, 5.41) is 2.84. The largest absolute Gasteiger partial charge is 0.454 e. The van der Waals surface area contributed by atoms with Gasteiger partial charge in [0.1, 0.15) is 5.69 Å². The summed E-state index contributed by atoms with van der Waals surface area (Å²) >= 11 is 0. The molecule has 0 unspecified atom stereocenters. The van der Waals surface area contributed by atoms with E-state index in [1.807, 2.05) is 6.07 Å². The van der Waals surface area contributed by atoms with Crippen molar-refractivity contribution in [3.63, 3.8) is 0 Å². The van der Waals surface area contributed by atoms with Gasteiger partial charge in [0.15, 0.2) is 11.5 Å².